The summed E-state index contributed by atoms with van der Waals surface area (Å²) < 4.78 is 17.2. The minimum absolute atomic E-state index is 0.0418. The number of ether oxygens (including phenoxy) is 3. The molecular formula is C31H49ClN2O8. The van der Waals surface area contributed by atoms with Crippen LogP contribution in [0.3, 0.4) is 0 Å². The maximum Gasteiger partial charge on any atom is 0.303 e. The van der Waals surface area contributed by atoms with Crippen LogP contribution in [0.5, 0.6) is 0 Å². The van der Waals surface area contributed by atoms with Crippen molar-refractivity contribution >= 4 is 29.4 Å². The number of aliphatic hydroxyl groups is 2. The largest absolute Gasteiger partial charge is 0.459 e. The highest BCUT2D eigenvalue weighted by Gasteiger charge is 2.47. The Hall–Kier alpha value is -2.24. The third kappa shape index (κ3) is 11.4. The molecule has 42 heavy (non-hydrogen) atoms. The molecule has 2 rings (SSSR count). The lowest BCUT2D eigenvalue weighted by Gasteiger charge is -2.43. The SMILES string of the molecule is CCCNC(=O)C[C@@H]1C[C@@](O)(CCl)[C@H](O)[C@@H](/C=C/C(C)=C/C[C@@H]2O[C@H](C)[C@H](NC(=O)/C=C\C(C)OC(C)=O)C[C@@H]2C)O1. The molecule has 0 aromatic carbocycles. The normalized spacial score (nSPS) is 33.0. The summed E-state index contributed by atoms with van der Waals surface area (Å²) >= 11 is 6.02. The monoisotopic (exact) mass is 612 g/mol. The number of esters is 1. The molecule has 2 heterocycles. The van der Waals surface area contributed by atoms with Crippen LogP contribution < -0.4 is 10.6 Å². The molecule has 1 unspecified atom stereocenters. The molecule has 11 heteroatoms. The Morgan fingerprint density at radius 3 is 2.55 bits per heavy atom. The van der Waals surface area contributed by atoms with E-state index >= 15 is 0 Å². The van der Waals surface area contributed by atoms with Gasteiger partial charge in [-0.3, -0.25) is 14.4 Å². The third-order valence-electron chi connectivity index (χ3n) is 7.64. The van der Waals surface area contributed by atoms with E-state index in [1.54, 1.807) is 13.0 Å². The van der Waals surface area contributed by atoms with Gasteiger partial charge in [-0.05, 0) is 52.0 Å². The van der Waals surface area contributed by atoms with E-state index in [4.69, 9.17) is 25.8 Å². The van der Waals surface area contributed by atoms with Gasteiger partial charge in [0.05, 0.1) is 36.7 Å². The highest BCUT2D eigenvalue weighted by atomic mass is 35.5. The van der Waals surface area contributed by atoms with Gasteiger partial charge in [0, 0.05) is 26.0 Å². The number of allylic oxidation sites excluding steroid dienone is 2. The molecule has 0 saturated carbocycles. The van der Waals surface area contributed by atoms with E-state index in [0.717, 1.165) is 18.4 Å². The molecule has 0 radical (unpaired) electrons. The van der Waals surface area contributed by atoms with Gasteiger partial charge in [0.15, 0.2) is 0 Å². The van der Waals surface area contributed by atoms with Crippen molar-refractivity contribution in [3.8, 4) is 0 Å². The first-order chi connectivity index (χ1) is 19.8. The van der Waals surface area contributed by atoms with E-state index in [9.17, 15) is 24.6 Å². The molecule has 0 aliphatic carbocycles. The van der Waals surface area contributed by atoms with Crippen molar-refractivity contribution in [3.63, 3.8) is 0 Å². The lowest BCUT2D eigenvalue weighted by atomic mass is 9.84. The highest BCUT2D eigenvalue weighted by Crippen LogP contribution is 2.33. The fourth-order valence-corrected chi connectivity index (χ4v) is 5.46. The highest BCUT2D eigenvalue weighted by molar-refractivity contribution is 6.18. The predicted molar refractivity (Wildman–Crippen MR) is 161 cm³/mol. The van der Waals surface area contributed by atoms with Crippen molar-refractivity contribution in [2.45, 2.75) is 122 Å². The minimum atomic E-state index is -1.56. The predicted octanol–water partition coefficient (Wildman–Crippen LogP) is 3.09. The summed E-state index contributed by atoms with van der Waals surface area (Å²) in [6.07, 6.45) is 7.48. The van der Waals surface area contributed by atoms with Crippen molar-refractivity contribution in [1.82, 2.24) is 10.6 Å². The second-order valence-electron chi connectivity index (χ2n) is 11.6. The van der Waals surface area contributed by atoms with E-state index in [1.165, 1.54) is 19.1 Å². The van der Waals surface area contributed by atoms with Gasteiger partial charge < -0.3 is 35.1 Å². The van der Waals surface area contributed by atoms with Crippen LogP contribution >= 0.6 is 11.6 Å². The standard InChI is InChI=1S/C31H49ClN2O8/c1-7-14-33-29(37)16-24-17-31(39,18-32)30(38)27(42-24)12-9-19(2)8-11-26-20(3)15-25(22(5)41-26)34-28(36)13-10-21(4)40-23(6)35/h8-10,12-13,20-22,24-27,30,38-39H,7,11,14-18H2,1-6H3,(H,33,37)(H,34,36)/b12-9+,13-10-,19-8+/t20-,21?,22+,24+,25+,26-,27+,30+,31+/m0/s1. The number of hydrogen-bond acceptors (Lipinski definition) is 8. The summed E-state index contributed by atoms with van der Waals surface area (Å²) in [6.45, 7) is 11.5. The molecule has 2 fully saturated rings. The van der Waals surface area contributed by atoms with Crippen LogP contribution in [0.25, 0.3) is 0 Å². The maximum atomic E-state index is 12.4. The van der Waals surface area contributed by atoms with E-state index in [0.29, 0.717) is 13.0 Å². The summed E-state index contributed by atoms with van der Waals surface area (Å²) in [6, 6.07) is -0.148. The van der Waals surface area contributed by atoms with Crippen molar-refractivity contribution in [2.75, 3.05) is 12.4 Å². The number of rotatable bonds is 13. The molecule has 4 N–H and O–H groups in total. The smallest absolute Gasteiger partial charge is 0.303 e. The number of amides is 2. The lowest BCUT2D eigenvalue weighted by molar-refractivity contribution is -0.195. The molecule has 10 nitrogen and oxygen atoms in total. The molecule has 2 saturated heterocycles. The van der Waals surface area contributed by atoms with E-state index < -0.39 is 36.0 Å². The van der Waals surface area contributed by atoms with Crippen LogP contribution in [-0.4, -0.2) is 88.7 Å². The Morgan fingerprint density at radius 1 is 1.19 bits per heavy atom. The second kappa shape index (κ2) is 17.2. The van der Waals surface area contributed by atoms with Gasteiger partial charge in [0.1, 0.15) is 23.9 Å². The number of aliphatic hydroxyl groups excluding tert-OH is 1. The summed E-state index contributed by atoms with van der Waals surface area (Å²) in [7, 11) is 0. The first kappa shape index (κ1) is 36.0. The zero-order valence-corrected chi connectivity index (χ0v) is 26.4. The van der Waals surface area contributed by atoms with Gasteiger partial charge in [-0.25, -0.2) is 0 Å². The molecular weight excluding hydrogens is 564 g/mol. The van der Waals surface area contributed by atoms with E-state index in [2.05, 4.69) is 17.6 Å². The molecule has 0 spiro atoms. The summed E-state index contributed by atoms with van der Waals surface area (Å²) in [4.78, 5) is 35.6. The number of carbonyl (C=O) groups excluding carboxylic acids is 3. The van der Waals surface area contributed by atoms with Gasteiger partial charge in [-0.1, -0.05) is 37.6 Å². The first-order valence-electron chi connectivity index (χ1n) is 14.8. The molecule has 2 aliphatic heterocycles. The quantitative estimate of drug-likeness (QED) is 0.108. The summed E-state index contributed by atoms with van der Waals surface area (Å²) in [5.41, 5.74) is -0.639. The number of alkyl halides is 1. The van der Waals surface area contributed by atoms with Gasteiger partial charge in [0.25, 0.3) is 0 Å². The zero-order chi connectivity index (χ0) is 31.4. The zero-order valence-electron chi connectivity index (χ0n) is 25.7. The molecule has 2 aliphatic rings. The van der Waals surface area contributed by atoms with Crippen LogP contribution in [0.4, 0.5) is 0 Å². The summed E-state index contributed by atoms with van der Waals surface area (Å²) in [5, 5.41) is 27.5. The fraction of sp³-hybridized carbons (Fsp3) is 0.710. The number of halogens is 1. The Bertz CT molecular complexity index is 1000. The van der Waals surface area contributed by atoms with Crippen molar-refractivity contribution < 1.29 is 38.8 Å². The lowest BCUT2D eigenvalue weighted by Crippen LogP contribution is -2.58. The number of nitrogens with one attached hydrogen (secondary N) is 2. The number of hydrogen-bond donors (Lipinski definition) is 4. The molecule has 9 atom stereocenters. The van der Waals surface area contributed by atoms with Gasteiger partial charge in [0.2, 0.25) is 11.8 Å². The Morgan fingerprint density at radius 2 is 1.90 bits per heavy atom. The van der Waals surface area contributed by atoms with Crippen LogP contribution in [0.1, 0.15) is 73.6 Å². The van der Waals surface area contributed by atoms with Crippen LogP contribution in [-0.2, 0) is 28.6 Å². The van der Waals surface area contributed by atoms with E-state index in [1.807, 2.05) is 32.9 Å². The second-order valence-corrected chi connectivity index (χ2v) is 11.9. The van der Waals surface area contributed by atoms with Gasteiger partial charge in [-0.2, -0.15) is 0 Å². The van der Waals surface area contributed by atoms with Crippen LogP contribution in [0.15, 0.2) is 36.0 Å². The van der Waals surface area contributed by atoms with Crippen LogP contribution in [0.2, 0.25) is 0 Å². The van der Waals surface area contributed by atoms with Gasteiger partial charge >= 0.3 is 5.97 Å². The fourth-order valence-electron chi connectivity index (χ4n) is 5.20. The van der Waals surface area contributed by atoms with Crippen molar-refractivity contribution in [1.29, 1.82) is 0 Å². The average Bonchev–Trinajstić information content (AvgIpc) is 2.92. The van der Waals surface area contributed by atoms with Crippen molar-refractivity contribution in [3.05, 3.63) is 36.0 Å². The Kier molecular flexibility index (Phi) is 14.7. The molecule has 2 amide bonds. The van der Waals surface area contributed by atoms with Gasteiger partial charge in [-0.15, -0.1) is 11.6 Å². The third-order valence-corrected chi connectivity index (χ3v) is 8.11. The Labute approximate surface area is 254 Å². The van der Waals surface area contributed by atoms with Crippen molar-refractivity contribution in [2.24, 2.45) is 5.92 Å². The minimum Gasteiger partial charge on any atom is -0.459 e. The molecule has 0 bridgehead atoms. The number of carbonyl (C=O) groups is 3. The van der Waals surface area contributed by atoms with Crippen LogP contribution in [0, 0.1) is 5.92 Å². The molecule has 0 aromatic rings. The Balaban J connectivity index is 1.94. The molecule has 0 aromatic heterocycles. The summed E-state index contributed by atoms with van der Waals surface area (Å²) in [5.74, 6) is -0.832. The topological polar surface area (TPSA) is 143 Å². The average molecular weight is 613 g/mol. The first-order valence-corrected chi connectivity index (χ1v) is 15.4. The molecule has 238 valence electrons. The maximum absolute atomic E-state index is 12.4. The van der Waals surface area contributed by atoms with E-state index in [-0.39, 0.29) is 54.7 Å².